The Balaban J connectivity index is 1.90. The lowest BCUT2D eigenvalue weighted by Crippen LogP contribution is -2.26. The van der Waals surface area contributed by atoms with Gasteiger partial charge in [-0.3, -0.25) is 0 Å². The van der Waals surface area contributed by atoms with Crippen LogP contribution in [-0.2, 0) is 0 Å². The molecule has 2 aromatic rings. The molecule has 1 aliphatic carbocycles. The third kappa shape index (κ3) is 4.66. The van der Waals surface area contributed by atoms with E-state index in [1.807, 2.05) is 18.2 Å². The van der Waals surface area contributed by atoms with Crippen LogP contribution in [-0.4, -0.2) is 45.7 Å². The van der Waals surface area contributed by atoms with Crippen molar-refractivity contribution in [1.29, 1.82) is 5.41 Å². The number of benzene rings is 3. The molecule has 178 valence electrons. The number of nitrogens with zero attached hydrogens (tertiary/aromatic N) is 2. The summed E-state index contributed by atoms with van der Waals surface area (Å²) in [6.07, 6.45) is 1.10. The fraction of sp³-hybridized carbons (Fsp3) is 0.345. The molecule has 34 heavy (non-hydrogen) atoms. The maximum absolute atomic E-state index is 8.14. The van der Waals surface area contributed by atoms with Gasteiger partial charge in [0.2, 0.25) is 0 Å². The van der Waals surface area contributed by atoms with E-state index in [1.54, 1.807) is 7.11 Å². The molecule has 0 spiro atoms. The van der Waals surface area contributed by atoms with Gasteiger partial charge in [-0.2, -0.15) is 0 Å². The molecule has 0 unspecified atom stereocenters. The molecular weight excluding hydrogens is 422 g/mol. The van der Waals surface area contributed by atoms with E-state index in [0.717, 1.165) is 82.0 Å². The summed E-state index contributed by atoms with van der Waals surface area (Å²) >= 11 is 0. The fourth-order valence-electron chi connectivity index (χ4n) is 4.85. The Kier molecular flexibility index (Phi) is 6.94. The molecule has 0 saturated carbocycles. The second kappa shape index (κ2) is 9.90. The summed E-state index contributed by atoms with van der Waals surface area (Å²) in [5.74, 6) is 1.65. The quantitative estimate of drug-likeness (QED) is 0.326. The monoisotopic (exact) mass is 457 g/mol. The number of fused-ring (bicyclic) bond motifs is 2. The Morgan fingerprint density at radius 3 is 2.32 bits per heavy atom. The van der Waals surface area contributed by atoms with Gasteiger partial charge in [-0.05, 0) is 101 Å². The Morgan fingerprint density at radius 1 is 0.941 bits per heavy atom. The zero-order valence-corrected chi connectivity index (χ0v) is 21.2. The zero-order valence-electron chi connectivity index (χ0n) is 21.2. The Hall–Kier alpha value is -3.31. The fourth-order valence-corrected chi connectivity index (χ4v) is 4.85. The van der Waals surface area contributed by atoms with Crippen molar-refractivity contribution in [2.24, 2.45) is 0 Å². The molecule has 4 rings (SSSR count). The third-order valence-corrected chi connectivity index (χ3v) is 6.44. The molecule has 0 amide bonds. The van der Waals surface area contributed by atoms with E-state index in [9.17, 15) is 0 Å². The predicted octanol–water partition coefficient (Wildman–Crippen LogP) is 6.09. The van der Waals surface area contributed by atoms with Crippen molar-refractivity contribution in [3.63, 3.8) is 0 Å². The van der Waals surface area contributed by atoms with Crippen LogP contribution in [0.15, 0.2) is 52.9 Å². The van der Waals surface area contributed by atoms with Crippen LogP contribution in [0.5, 0.6) is 5.75 Å². The molecule has 2 aliphatic rings. The van der Waals surface area contributed by atoms with Gasteiger partial charge in [0.25, 0.3) is 0 Å². The normalized spacial score (nSPS) is 11.5. The second-order valence-electron chi connectivity index (χ2n) is 9.25. The Labute approximate surface area is 202 Å². The number of hydrogen-bond donors (Lipinski definition) is 1. The second-order valence-corrected chi connectivity index (χ2v) is 9.25. The highest BCUT2D eigenvalue weighted by atomic mass is 16.5. The van der Waals surface area contributed by atoms with Gasteiger partial charge in [-0.1, -0.05) is 0 Å². The minimum absolute atomic E-state index is 0.443. The van der Waals surface area contributed by atoms with E-state index in [4.69, 9.17) is 14.6 Å². The maximum atomic E-state index is 8.14. The van der Waals surface area contributed by atoms with Crippen LogP contribution in [0.3, 0.4) is 0 Å². The molecule has 0 saturated heterocycles. The molecule has 0 aromatic heterocycles. The number of aryl methyl sites for hydroxylation is 2. The van der Waals surface area contributed by atoms with Crippen LogP contribution >= 0.6 is 0 Å². The van der Waals surface area contributed by atoms with Crippen LogP contribution in [0.4, 0.5) is 5.69 Å². The summed E-state index contributed by atoms with van der Waals surface area (Å²) in [5.41, 5.74) is 7.48. The first-order valence-electron chi connectivity index (χ1n) is 11.9. The van der Waals surface area contributed by atoms with E-state index >= 15 is 0 Å². The van der Waals surface area contributed by atoms with Crippen molar-refractivity contribution in [3.8, 4) is 28.2 Å². The molecule has 1 heterocycles. The van der Waals surface area contributed by atoms with Crippen molar-refractivity contribution < 1.29 is 9.15 Å². The van der Waals surface area contributed by atoms with E-state index in [-0.39, 0.29) is 0 Å². The van der Waals surface area contributed by atoms with Crippen LogP contribution in [0.1, 0.15) is 24.5 Å². The van der Waals surface area contributed by atoms with Crippen LogP contribution in [0, 0.1) is 19.3 Å². The number of anilines is 1. The van der Waals surface area contributed by atoms with E-state index in [2.05, 4.69) is 75.0 Å². The highest BCUT2D eigenvalue weighted by molar-refractivity contribution is 6.02. The van der Waals surface area contributed by atoms with Crippen LogP contribution in [0.2, 0.25) is 0 Å². The molecule has 5 heteroatoms. The highest BCUT2D eigenvalue weighted by Gasteiger charge is 2.19. The average molecular weight is 458 g/mol. The summed E-state index contributed by atoms with van der Waals surface area (Å²) in [7, 11) is 5.94. The highest BCUT2D eigenvalue weighted by Crippen LogP contribution is 2.42. The van der Waals surface area contributed by atoms with Crippen molar-refractivity contribution >= 4 is 16.7 Å². The summed E-state index contributed by atoms with van der Waals surface area (Å²) in [6.45, 7) is 9.35. The van der Waals surface area contributed by atoms with E-state index < -0.39 is 0 Å². The molecule has 0 atom stereocenters. The molecule has 1 aliphatic heterocycles. The van der Waals surface area contributed by atoms with Crippen molar-refractivity contribution in [3.05, 3.63) is 65.0 Å². The summed E-state index contributed by atoms with van der Waals surface area (Å²) < 4.78 is 12.0. The summed E-state index contributed by atoms with van der Waals surface area (Å²) in [6, 6.07) is 16.5. The first kappa shape index (κ1) is 23.8. The number of hydrogen-bond acceptors (Lipinski definition) is 5. The molecule has 1 N–H and O–H groups in total. The van der Waals surface area contributed by atoms with Gasteiger partial charge >= 0.3 is 0 Å². The minimum Gasteiger partial charge on any atom is -0.496 e. The molecule has 2 aromatic carbocycles. The largest absolute Gasteiger partial charge is 0.496 e. The van der Waals surface area contributed by atoms with Crippen LogP contribution < -0.4 is 15.0 Å². The standard InChI is InChI=1S/C29H35N3O2/c1-7-32(14-8-13-31(4)5)23-10-12-25-27(18-23)34-26-17-22(30)9-11-24(26)28(25)21-15-19(2)29(33-6)20(3)16-21/h9-12,15-18,30H,7-8,13-14H2,1-6H3. The Morgan fingerprint density at radius 2 is 1.68 bits per heavy atom. The first-order chi connectivity index (χ1) is 16.3. The minimum atomic E-state index is 0.443. The van der Waals surface area contributed by atoms with Gasteiger partial charge in [0.15, 0.2) is 0 Å². The molecule has 0 bridgehead atoms. The maximum Gasteiger partial charge on any atom is 0.137 e. The molecule has 0 fully saturated rings. The van der Waals surface area contributed by atoms with Crippen molar-refractivity contribution in [2.75, 3.05) is 45.7 Å². The van der Waals surface area contributed by atoms with Gasteiger partial charge in [0.05, 0.1) is 12.5 Å². The number of nitrogens with one attached hydrogen (secondary N) is 1. The third-order valence-electron chi connectivity index (χ3n) is 6.44. The molecule has 5 nitrogen and oxygen atoms in total. The van der Waals surface area contributed by atoms with Gasteiger partial charge in [0, 0.05) is 47.4 Å². The van der Waals surface area contributed by atoms with Crippen molar-refractivity contribution in [1.82, 2.24) is 4.90 Å². The molecule has 0 radical (unpaired) electrons. The SMILES string of the molecule is CCN(CCCN(C)C)c1ccc2c(-c3cc(C)c(OC)c(C)c3)c3ccc(=N)cc-3oc2c1. The smallest absolute Gasteiger partial charge is 0.137 e. The Bertz CT molecular complexity index is 1320. The number of rotatable bonds is 8. The molecular formula is C29H35N3O2. The number of methoxy groups -OCH3 is 1. The van der Waals surface area contributed by atoms with Gasteiger partial charge in [-0.15, -0.1) is 0 Å². The van der Waals surface area contributed by atoms with Gasteiger partial charge in [0.1, 0.15) is 17.1 Å². The van der Waals surface area contributed by atoms with Crippen molar-refractivity contribution in [2.45, 2.75) is 27.2 Å². The lowest BCUT2D eigenvalue weighted by Gasteiger charge is -2.25. The summed E-state index contributed by atoms with van der Waals surface area (Å²) in [5, 5.41) is 9.66. The lowest BCUT2D eigenvalue weighted by atomic mass is 9.91. The predicted molar refractivity (Wildman–Crippen MR) is 141 cm³/mol. The topological polar surface area (TPSA) is 52.7 Å². The summed E-state index contributed by atoms with van der Waals surface area (Å²) in [4.78, 5) is 4.62. The average Bonchev–Trinajstić information content (AvgIpc) is 2.79. The van der Waals surface area contributed by atoms with E-state index in [0.29, 0.717) is 5.36 Å². The number of ether oxygens (including phenoxy) is 1. The van der Waals surface area contributed by atoms with Gasteiger partial charge in [-0.25, -0.2) is 0 Å². The lowest BCUT2D eigenvalue weighted by molar-refractivity contribution is 0.400. The first-order valence-corrected chi connectivity index (χ1v) is 11.9. The van der Waals surface area contributed by atoms with Gasteiger partial charge < -0.3 is 24.4 Å². The van der Waals surface area contributed by atoms with E-state index in [1.165, 1.54) is 0 Å². The van der Waals surface area contributed by atoms with Crippen LogP contribution in [0.25, 0.3) is 33.4 Å². The zero-order chi connectivity index (χ0) is 24.4.